The third-order valence-electron chi connectivity index (χ3n) is 4.80. The maximum Gasteiger partial charge on any atom is 0.219 e. The molecule has 1 aromatic carbocycles. The zero-order valence-corrected chi connectivity index (χ0v) is 18.1. The molecule has 0 radical (unpaired) electrons. The van der Waals surface area contributed by atoms with Crippen molar-refractivity contribution in [3.63, 3.8) is 0 Å². The Labute approximate surface area is 179 Å². The van der Waals surface area contributed by atoms with Gasteiger partial charge in [0.25, 0.3) is 0 Å². The van der Waals surface area contributed by atoms with E-state index in [1.54, 1.807) is 13.2 Å². The number of benzene rings is 1. The molecule has 7 nitrogen and oxygen atoms in total. The fourth-order valence-electron chi connectivity index (χ4n) is 2.92. The second-order valence-corrected chi connectivity index (χ2v) is 7.35. The van der Waals surface area contributed by atoms with Crippen LogP contribution < -0.4 is 14.8 Å². The van der Waals surface area contributed by atoms with Crippen LogP contribution in [0.4, 0.5) is 0 Å². The van der Waals surface area contributed by atoms with Gasteiger partial charge in [0.15, 0.2) is 5.96 Å². The normalized spacial score (nSPS) is 13.8. The largest absolute Gasteiger partial charge is 0.494 e. The lowest BCUT2D eigenvalue weighted by Gasteiger charge is -2.22. The zero-order valence-electron chi connectivity index (χ0n) is 18.1. The Morgan fingerprint density at radius 2 is 1.97 bits per heavy atom. The Bertz CT molecular complexity index is 806. The highest BCUT2D eigenvalue weighted by molar-refractivity contribution is 5.79. The van der Waals surface area contributed by atoms with E-state index in [1.807, 2.05) is 50.4 Å². The second kappa shape index (κ2) is 11.4. The third kappa shape index (κ3) is 7.22. The minimum Gasteiger partial charge on any atom is -0.494 e. The van der Waals surface area contributed by atoms with Gasteiger partial charge in [-0.1, -0.05) is 0 Å². The predicted octanol–water partition coefficient (Wildman–Crippen LogP) is 3.71. The number of nitrogens with one attached hydrogen (secondary N) is 1. The van der Waals surface area contributed by atoms with E-state index in [9.17, 15) is 0 Å². The number of nitrogens with zero attached hydrogens (tertiary/aromatic N) is 3. The Hall–Kier alpha value is -2.80. The first-order valence-electron chi connectivity index (χ1n) is 10.5. The molecule has 7 heteroatoms. The molecule has 2 aromatic rings. The summed E-state index contributed by atoms with van der Waals surface area (Å²) in [5.41, 5.74) is 1.06. The van der Waals surface area contributed by atoms with Gasteiger partial charge < -0.3 is 24.4 Å². The molecule has 1 saturated carbocycles. The van der Waals surface area contributed by atoms with E-state index in [0.717, 1.165) is 42.1 Å². The fraction of sp³-hybridized carbons (Fsp3) is 0.478. The molecule has 1 aromatic heterocycles. The number of aromatic nitrogens is 1. The van der Waals surface area contributed by atoms with Gasteiger partial charge in [-0.3, -0.25) is 4.99 Å². The highest BCUT2D eigenvalue weighted by atomic mass is 16.5. The third-order valence-corrected chi connectivity index (χ3v) is 4.80. The van der Waals surface area contributed by atoms with Gasteiger partial charge in [0.05, 0.1) is 13.2 Å². The summed E-state index contributed by atoms with van der Waals surface area (Å²) in [6.07, 6.45) is 4.38. The number of guanidine groups is 1. The van der Waals surface area contributed by atoms with Crippen molar-refractivity contribution in [3.8, 4) is 17.4 Å². The summed E-state index contributed by atoms with van der Waals surface area (Å²) in [5, 5.41) is 3.38. The molecule has 1 N–H and O–H groups in total. The number of ether oxygens (including phenoxy) is 3. The summed E-state index contributed by atoms with van der Waals surface area (Å²) >= 11 is 0. The van der Waals surface area contributed by atoms with Crippen LogP contribution in [0.5, 0.6) is 17.4 Å². The summed E-state index contributed by atoms with van der Waals surface area (Å²) in [4.78, 5) is 10.7. The summed E-state index contributed by atoms with van der Waals surface area (Å²) in [7, 11) is 3.81. The summed E-state index contributed by atoms with van der Waals surface area (Å²) in [6, 6.07) is 11.4. The Morgan fingerprint density at radius 1 is 1.20 bits per heavy atom. The first-order chi connectivity index (χ1) is 14.7. The number of likely N-dealkylation sites (N-methyl/N-ethyl adjacent to an activating group) is 1. The van der Waals surface area contributed by atoms with E-state index in [2.05, 4.69) is 20.2 Å². The van der Waals surface area contributed by atoms with Gasteiger partial charge in [-0.05, 0) is 61.6 Å². The van der Waals surface area contributed by atoms with Crippen molar-refractivity contribution in [1.82, 2.24) is 15.2 Å². The molecule has 1 heterocycles. The van der Waals surface area contributed by atoms with E-state index in [-0.39, 0.29) is 0 Å². The van der Waals surface area contributed by atoms with Crippen LogP contribution in [-0.2, 0) is 11.3 Å². The Balaban J connectivity index is 1.47. The number of rotatable bonds is 11. The molecule has 0 unspecified atom stereocenters. The fourth-order valence-corrected chi connectivity index (χ4v) is 2.92. The molecule has 0 amide bonds. The van der Waals surface area contributed by atoms with Crippen LogP contribution >= 0.6 is 0 Å². The van der Waals surface area contributed by atoms with Gasteiger partial charge in [0.1, 0.15) is 11.5 Å². The van der Waals surface area contributed by atoms with Crippen LogP contribution in [0.1, 0.15) is 25.3 Å². The van der Waals surface area contributed by atoms with Gasteiger partial charge in [-0.25, -0.2) is 4.98 Å². The molecule has 3 rings (SSSR count). The van der Waals surface area contributed by atoms with Crippen molar-refractivity contribution in [1.29, 1.82) is 0 Å². The van der Waals surface area contributed by atoms with Crippen LogP contribution in [0.2, 0.25) is 0 Å². The zero-order chi connectivity index (χ0) is 21.2. The van der Waals surface area contributed by atoms with Crippen LogP contribution in [0.3, 0.4) is 0 Å². The van der Waals surface area contributed by atoms with Gasteiger partial charge >= 0.3 is 0 Å². The molecular formula is C23H32N4O3. The van der Waals surface area contributed by atoms with Crippen molar-refractivity contribution in [3.05, 3.63) is 48.2 Å². The predicted molar refractivity (Wildman–Crippen MR) is 118 cm³/mol. The molecule has 0 atom stereocenters. The van der Waals surface area contributed by atoms with Crippen molar-refractivity contribution < 1.29 is 14.2 Å². The molecule has 1 aliphatic carbocycles. The van der Waals surface area contributed by atoms with Crippen LogP contribution in [0, 0.1) is 5.92 Å². The van der Waals surface area contributed by atoms with Crippen molar-refractivity contribution in [2.45, 2.75) is 26.3 Å². The van der Waals surface area contributed by atoms with Gasteiger partial charge in [0, 0.05) is 46.1 Å². The molecule has 1 aliphatic rings. The lowest BCUT2D eigenvalue weighted by atomic mass is 10.2. The lowest BCUT2D eigenvalue weighted by molar-refractivity contribution is 0.115. The monoisotopic (exact) mass is 412 g/mol. The molecular weight excluding hydrogens is 380 g/mol. The van der Waals surface area contributed by atoms with E-state index >= 15 is 0 Å². The van der Waals surface area contributed by atoms with E-state index in [4.69, 9.17) is 14.2 Å². The van der Waals surface area contributed by atoms with Crippen LogP contribution in [-0.4, -0.2) is 56.3 Å². The molecule has 0 saturated heterocycles. The number of hydrogen-bond acceptors (Lipinski definition) is 5. The smallest absolute Gasteiger partial charge is 0.219 e. The average Bonchev–Trinajstić information content (AvgIpc) is 3.58. The molecule has 0 spiro atoms. The van der Waals surface area contributed by atoms with Gasteiger partial charge in [-0.15, -0.1) is 0 Å². The molecule has 0 aliphatic heterocycles. The van der Waals surface area contributed by atoms with Crippen molar-refractivity contribution in [2.75, 3.05) is 40.5 Å². The highest BCUT2D eigenvalue weighted by Gasteiger charge is 2.21. The quantitative estimate of drug-likeness (QED) is 0.345. The standard InChI is InChI=1S/C23H32N4O3/c1-4-29-20-7-9-21(10-8-20)30-22-15-19(11-12-25-22)16-26-23(24-2)27(3)13-14-28-17-18-5-6-18/h7-12,15,18H,4-6,13-14,16-17H2,1-3H3,(H,24,26). The van der Waals surface area contributed by atoms with E-state index in [1.165, 1.54) is 12.8 Å². The minimum atomic E-state index is 0.551. The maximum atomic E-state index is 5.87. The number of pyridine rings is 1. The van der Waals surface area contributed by atoms with E-state index in [0.29, 0.717) is 25.6 Å². The second-order valence-electron chi connectivity index (χ2n) is 7.35. The number of aliphatic imine (C=N–C) groups is 1. The van der Waals surface area contributed by atoms with E-state index < -0.39 is 0 Å². The first-order valence-corrected chi connectivity index (χ1v) is 10.5. The Morgan fingerprint density at radius 3 is 2.67 bits per heavy atom. The van der Waals surface area contributed by atoms with Crippen molar-refractivity contribution >= 4 is 5.96 Å². The number of hydrogen-bond donors (Lipinski definition) is 1. The Kier molecular flexibility index (Phi) is 8.32. The molecule has 162 valence electrons. The lowest BCUT2D eigenvalue weighted by Crippen LogP contribution is -2.40. The average molecular weight is 413 g/mol. The SMILES string of the molecule is CCOc1ccc(Oc2cc(CNC(=NC)N(C)CCOCC3CC3)ccn2)cc1. The molecule has 1 fully saturated rings. The summed E-state index contributed by atoms with van der Waals surface area (Å²) in [6.45, 7) is 5.62. The summed E-state index contributed by atoms with van der Waals surface area (Å²) < 4.78 is 17.0. The summed E-state index contributed by atoms with van der Waals surface area (Å²) in [5.74, 6) is 3.71. The highest BCUT2D eigenvalue weighted by Crippen LogP contribution is 2.28. The van der Waals surface area contributed by atoms with Crippen LogP contribution in [0.25, 0.3) is 0 Å². The van der Waals surface area contributed by atoms with Crippen LogP contribution in [0.15, 0.2) is 47.6 Å². The maximum absolute atomic E-state index is 5.87. The molecule has 30 heavy (non-hydrogen) atoms. The minimum absolute atomic E-state index is 0.551. The molecule has 0 bridgehead atoms. The van der Waals surface area contributed by atoms with Gasteiger partial charge in [-0.2, -0.15) is 0 Å². The first kappa shape index (κ1) is 21.9. The topological polar surface area (TPSA) is 68.2 Å². The van der Waals surface area contributed by atoms with Crippen molar-refractivity contribution in [2.24, 2.45) is 10.9 Å². The van der Waals surface area contributed by atoms with Gasteiger partial charge in [0.2, 0.25) is 5.88 Å².